The van der Waals surface area contributed by atoms with Gasteiger partial charge in [-0.3, -0.25) is 4.57 Å². The summed E-state index contributed by atoms with van der Waals surface area (Å²) in [4.78, 5) is 16.9. The Labute approximate surface area is 178 Å². The van der Waals surface area contributed by atoms with E-state index in [0.717, 1.165) is 17.4 Å². The van der Waals surface area contributed by atoms with Crippen LogP contribution < -0.4 is 0 Å². The molecule has 4 rings (SSSR count). The molecule has 1 aliphatic rings. The highest BCUT2D eigenvalue weighted by molar-refractivity contribution is 7.89. The number of carbonyl (C=O) groups is 1. The Morgan fingerprint density at radius 2 is 1.81 bits per heavy atom. The number of alkyl halides is 2. The van der Waals surface area contributed by atoms with Gasteiger partial charge in [-0.15, -0.1) is 0 Å². The van der Waals surface area contributed by atoms with Crippen molar-refractivity contribution < 1.29 is 26.7 Å². The number of sulfonamides is 1. The largest absolute Gasteiger partial charge is 0.451 e. The molecular formula is C21H21F2N3O4S. The third-order valence-electron chi connectivity index (χ3n) is 5.24. The molecule has 0 saturated carbocycles. The topological polar surface area (TPSA) is 81.5 Å². The molecule has 10 heteroatoms. The Bertz CT molecular complexity index is 1220. The first-order valence-electron chi connectivity index (χ1n) is 9.85. The van der Waals surface area contributed by atoms with Gasteiger partial charge in [0, 0.05) is 13.1 Å². The summed E-state index contributed by atoms with van der Waals surface area (Å²) in [5.74, 6) is -0.913. The van der Waals surface area contributed by atoms with Gasteiger partial charge in [-0.25, -0.2) is 18.2 Å². The summed E-state index contributed by atoms with van der Waals surface area (Å²) in [6.07, 6.45) is 0.514. The maximum atomic E-state index is 13.7. The number of ether oxygens (including phenoxy) is 1. The van der Waals surface area contributed by atoms with Crippen molar-refractivity contribution >= 4 is 27.0 Å². The summed E-state index contributed by atoms with van der Waals surface area (Å²) in [6, 6.07) is 12.0. The van der Waals surface area contributed by atoms with Crippen LogP contribution in [-0.4, -0.2) is 41.3 Å². The number of fused-ring (bicyclic) bond motifs is 1. The van der Waals surface area contributed by atoms with Gasteiger partial charge in [-0.1, -0.05) is 18.2 Å². The lowest BCUT2D eigenvalue weighted by molar-refractivity contribution is 0.0233. The van der Waals surface area contributed by atoms with Crippen molar-refractivity contribution in [2.45, 2.75) is 37.3 Å². The van der Waals surface area contributed by atoms with Crippen LogP contribution in [0.1, 0.15) is 48.6 Å². The van der Waals surface area contributed by atoms with Gasteiger partial charge in [-0.05, 0) is 50.1 Å². The number of halogens is 2. The SMILES string of the molecule is CC(OC(=O)c1cccc(S(=O)(=O)N2CCCC2)c1)c1nc2ccccc2n1C(F)F. The van der Waals surface area contributed by atoms with Crippen LogP contribution in [0.15, 0.2) is 53.4 Å². The van der Waals surface area contributed by atoms with Gasteiger partial charge in [0.2, 0.25) is 10.0 Å². The summed E-state index contributed by atoms with van der Waals surface area (Å²) in [5.41, 5.74) is 0.611. The fourth-order valence-electron chi connectivity index (χ4n) is 3.70. The van der Waals surface area contributed by atoms with Crippen LogP contribution in [0.5, 0.6) is 0 Å². The summed E-state index contributed by atoms with van der Waals surface area (Å²) in [6.45, 7) is -0.532. The lowest BCUT2D eigenvalue weighted by Crippen LogP contribution is -2.28. The van der Waals surface area contributed by atoms with Crippen LogP contribution in [0.2, 0.25) is 0 Å². The molecule has 0 bridgehead atoms. The number of hydrogen-bond acceptors (Lipinski definition) is 5. The van der Waals surface area contributed by atoms with Gasteiger partial charge >= 0.3 is 12.5 Å². The molecule has 3 aromatic rings. The van der Waals surface area contributed by atoms with Crippen LogP contribution in [-0.2, 0) is 14.8 Å². The van der Waals surface area contributed by atoms with Crippen molar-refractivity contribution in [3.05, 3.63) is 59.9 Å². The Morgan fingerprint density at radius 3 is 2.52 bits per heavy atom. The minimum Gasteiger partial charge on any atom is -0.451 e. The van der Waals surface area contributed by atoms with E-state index in [9.17, 15) is 22.0 Å². The average Bonchev–Trinajstić information content (AvgIpc) is 3.42. The number of imidazole rings is 1. The van der Waals surface area contributed by atoms with Gasteiger partial charge < -0.3 is 4.74 Å². The number of esters is 1. The molecule has 1 fully saturated rings. The highest BCUT2D eigenvalue weighted by Crippen LogP contribution is 2.29. The fourth-order valence-corrected chi connectivity index (χ4v) is 5.26. The molecule has 1 saturated heterocycles. The number of benzene rings is 2. The summed E-state index contributed by atoms with van der Waals surface area (Å²) >= 11 is 0. The van der Waals surface area contributed by atoms with Crippen molar-refractivity contribution in [3.8, 4) is 0 Å². The van der Waals surface area contributed by atoms with Crippen LogP contribution in [0.3, 0.4) is 0 Å². The molecule has 0 radical (unpaired) electrons. The minimum atomic E-state index is -3.70. The number of hydrogen-bond donors (Lipinski definition) is 0. The summed E-state index contributed by atoms with van der Waals surface area (Å²) in [7, 11) is -3.70. The number of rotatable bonds is 6. The Balaban J connectivity index is 1.59. The number of aromatic nitrogens is 2. The smallest absolute Gasteiger partial charge is 0.338 e. The third-order valence-corrected chi connectivity index (χ3v) is 7.13. The van der Waals surface area contributed by atoms with Crippen molar-refractivity contribution in [2.75, 3.05) is 13.1 Å². The van der Waals surface area contributed by atoms with E-state index in [1.54, 1.807) is 18.2 Å². The standard InChI is InChI=1S/C21H21F2N3O4S/c1-14(19-24-17-9-2-3-10-18(17)26(19)21(22)23)30-20(27)15-7-6-8-16(13-15)31(28,29)25-11-4-5-12-25/h2-3,6-10,13-14,21H,4-5,11-12H2,1H3. The molecule has 0 spiro atoms. The molecular weight excluding hydrogens is 428 g/mol. The predicted octanol–water partition coefficient (Wildman–Crippen LogP) is 4.13. The van der Waals surface area contributed by atoms with Gasteiger partial charge in [0.25, 0.3) is 0 Å². The lowest BCUT2D eigenvalue weighted by Gasteiger charge is -2.17. The maximum absolute atomic E-state index is 13.7. The van der Waals surface area contributed by atoms with E-state index >= 15 is 0 Å². The zero-order chi connectivity index (χ0) is 22.2. The number of para-hydroxylation sites is 2. The van der Waals surface area contributed by atoms with Crippen molar-refractivity contribution in [1.29, 1.82) is 0 Å². The average molecular weight is 449 g/mol. The molecule has 7 nitrogen and oxygen atoms in total. The van der Waals surface area contributed by atoms with E-state index in [1.807, 2.05) is 0 Å². The monoisotopic (exact) mass is 449 g/mol. The molecule has 1 aliphatic heterocycles. The molecule has 1 unspecified atom stereocenters. The molecule has 1 aromatic heterocycles. The molecule has 31 heavy (non-hydrogen) atoms. The quantitative estimate of drug-likeness (QED) is 0.529. The third kappa shape index (κ3) is 4.05. The van der Waals surface area contributed by atoms with Crippen LogP contribution in [0.25, 0.3) is 11.0 Å². The second-order valence-electron chi connectivity index (χ2n) is 7.29. The molecule has 0 N–H and O–H groups in total. The van der Waals surface area contributed by atoms with Crippen molar-refractivity contribution in [2.24, 2.45) is 0 Å². The lowest BCUT2D eigenvalue weighted by atomic mass is 10.2. The van der Waals surface area contributed by atoms with E-state index in [1.165, 1.54) is 41.6 Å². The minimum absolute atomic E-state index is 0.00341. The normalized spacial score (nSPS) is 16.1. The number of carbonyl (C=O) groups excluding carboxylic acids is 1. The van der Waals surface area contributed by atoms with E-state index in [2.05, 4.69) is 4.98 Å². The molecule has 1 atom stereocenters. The van der Waals surface area contributed by atoms with Crippen LogP contribution in [0.4, 0.5) is 8.78 Å². The van der Waals surface area contributed by atoms with Crippen molar-refractivity contribution in [1.82, 2.24) is 13.9 Å². The zero-order valence-electron chi connectivity index (χ0n) is 16.7. The molecule has 0 aliphatic carbocycles. The van der Waals surface area contributed by atoms with Gasteiger partial charge in [0.05, 0.1) is 21.5 Å². The Hall–Kier alpha value is -2.85. The first kappa shape index (κ1) is 21.4. The van der Waals surface area contributed by atoms with Crippen LogP contribution in [0, 0.1) is 0 Å². The molecule has 0 amide bonds. The van der Waals surface area contributed by atoms with Crippen molar-refractivity contribution in [3.63, 3.8) is 0 Å². The predicted molar refractivity (Wildman–Crippen MR) is 109 cm³/mol. The van der Waals surface area contributed by atoms with Gasteiger partial charge in [0.1, 0.15) is 0 Å². The summed E-state index contributed by atoms with van der Waals surface area (Å²) < 4.78 is 60.3. The molecule has 2 heterocycles. The maximum Gasteiger partial charge on any atom is 0.338 e. The van der Waals surface area contributed by atoms with E-state index in [4.69, 9.17) is 4.74 Å². The second-order valence-corrected chi connectivity index (χ2v) is 9.23. The van der Waals surface area contributed by atoms with Gasteiger partial charge in [-0.2, -0.15) is 13.1 Å². The van der Waals surface area contributed by atoms with E-state index < -0.39 is 28.6 Å². The number of nitrogens with zero attached hydrogens (tertiary/aromatic N) is 3. The highest BCUT2D eigenvalue weighted by Gasteiger charge is 2.29. The Kier molecular flexibility index (Phi) is 5.76. The molecule has 2 aromatic carbocycles. The van der Waals surface area contributed by atoms with E-state index in [-0.39, 0.29) is 21.8 Å². The first-order chi connectivity index (χ1) is 14.8. The first-order valence-corrected chi connectivity index (χ1v) is 11.3. The van der Waals surface area contributed by atoms with Gasteiger partial charge in [0.15, 0.2) is 11.9 Å². The fraction of sp³-hybridized carbons (Fsp3) is 0.333. The van der Waals surface area contributed by atoms with E-state index in [0.29, 0.717) is 18.6 Å². The summed E-state index contributed by atoms with van der Waals surface area (Å²) in [5, 5.41) is 0. The zero-order valence-corrected chi connectivity index (χ0v) is 17.6. The Morgan fingerprint density at radius 1 is 1.10 bits per heavy atom. The second kappa shape index (κ2) is 8.35. The molecule has 164 valence electrons. The highest BCUT2D eigenvalue weighted by atomic mass is 32.2. The van der Waals surface area contributed by atoms with Crippen LogP contribution >= 0.6 is 0 Å².